The third kappa shape index (κ3) is 5.31. The van der Waals surface area contributed by atoms with Gasteiger partial charge in [-0.15, -0.1) is 0 Å². The number of hydrogen-bond donors (Lipinski definition) is 3. The smallest absolute Gasteiger partial charge is 0.259 e. The fourth-order valence-electron chi connectivity index (χ4n) is 3.22. The van der Waals surface area contributed by atoms with Crippen LogP contribution in [0.2, 0.25) is 5.02 Å². The molecule has 0 fully saturated rings. The molecule has 0 aliphatic heterocycles. The van der Waals surface area contributed by atoms with Crippen molar-refractivity contribution in [1.29, 1.82) is 0 Å². The van der Waals surface area contributed by atoms with Crippen molar-refractivity contribution in [2.24, 2.45) is 5.73 Å². The first-order valence-corrected chi connectivity index (χ1v) is 10.6. The maximum Gasteiger partial charge on any atom is 0.259 e. The summed E-state index contributed by atoms with van der Waals surface area (Å²) >= 11 is 6.00. The number of aromatic nitrogens is 2. The summed E-state index contributed by atoms with van der Waals surface area (Å²) in [6.07, 6.45) is 3.11. The molecule has 162 valence electrons. The van der Waals surface area contributed by atoms with Crippen LogP contribution in [0.1, 0.15) is 45.3 Å². The zero-order valence-electron chi connectivity index (χ0n) is 17.6. The number of nitrogens with zero attached hydrogens (tertiary/aromatic N) is 2. The Kier molecular flexibility index (Phi) is 7.44. The average molecular weight is 440 g/mol. The van der Waals surface area contributed by atoms with Crippen LogP contribution < -0.4 is 16.4 Å². The van der Waals surface area contributed by atoms with Crippen molar-refractivity contribution in [3.63, 3.8) is 0 Å². The standard InChI is InChI=1S/C23H26ClN5O2/c1-3-4-21-19(14-27-29(21)18-9-7-17(24)8-10-18)23(31)28-20-13-16(6-5-15(20)2)22(30)26-12-11-25/h5-10,13-14H,3-4,11-12,25H2,1-2H3,(H,26,30)(H,28,31). The van der Waals surface area contributed by atoms with Crippen molar-refractivity contribution < 1.29 is 9.59 Å². The molecule has 7 nitrogen and oxygen atoms in total. The van der Waals surface area contributed by atoms with E-state index in [0.717, 1.165) is 23.4 Å². The number of rotatable bonds is 8. The predicted octanol–water partition coefficient (Wildman–Crippen LogP) is 3.73. The molecule has 0 saturated heterocycles. The Hall–Kier alpha value is -3.16. The van der Waals surface area contributed by atoms with Crippen LogP contribution in [-0.4, -0.2) is 34.7 Å². The number of aryl methyl sites for hydroxylation is 1. The van der Waals surface area contributed by atoms with E-state index in [-0.39, 0.29) is 11.8 Å². The van der Waals surface area contributed by atoms with Crippen LogP contribution in [-0.2, 0) is 6.42 Å². The number of carbonyl (C=O) groups excluding carboxylic acids is 2. The number of nitrogens with one attached hydrogen (secondary N) is 2. The first-order valence-electron chi connectivity index (χ1n) is 10.2. The van der Waals surface area contributed by atoms with Crippen LogP contribution in [0.3, 0.4) is 0 Å². The molecule has 0 spiro atoms. The van der Waals surface area contributed by atoms with Crippen LogP contribution >= 0.6 is 11.6 Å². The fraction of sp³-hybridized carbons (Fsp3) is 0.261. The highest BCUT2D eigenvalue weighted by molar-refractivity contribution is 6.30. The Bertz CT molecular complexity index is 1080. The van der Waals surface area contributed by atoms with Crippen molar-refractivity contribution in [2.75, 3.05) is 18.4 Å². The highest BCUT2D eigenvalue weighted by Gasteiger charge is 2.19. The summed E-state index contributed by atoms with van der Waals surface area (Å²) in [5.74, 6) is -0.505. The minimum atomic E-state index is -0.272. The molecule has 0 saturated carbocycles. The molecule has 31 heavy (non-hydrogen) atoms. The minimum Gasteiger partial charge on any atom is -0.351 e. The molecule has 0 bridgehead atoms. The lowest BCUT2D eigenvalue weighted by molar-refractivity contribution is 0.0953. The third-order valence-corrected chi connectivity index (χ3v) is 5.10. The van der Waals surface area contributed by atoms with Gasteiger partial charge in [-0.25, -0.2) is 4.68 Å². The van der Waals surface area contributed by atoms with E-state index < -0.39 is 0 Å². The molecule has 0 radical (unpaired) electrons. The average Bonchev–Trinajstić information content (AvgIpc) is 3.18. The van der Waals surface area contributed by atoms with Crippen molar-refractivity contribution in [2.45, 2.75) is 26.7 Å². The van der Waals surface area contributed by atoms with E-state index >= 15 is 0 Å². The molecule has 0 aliphatic rings. The topological polar surface area (TPSA) is 102 Å². The van der Waals surface area contributed by atoms with E-state index in [4.69, 9.17) is 17.3 Å². The summed E-state index contributed by atoms with van der Waals surface area (Å²) in [5, 5.41) is 10.7. The van der Waals surface area contributed by atoms with Gasteiger partial charge in [-0.2, -0.15) is 5.10 Å². The van der Waals surface area contributed by atoms with Crippen LogP contribution in [0.25, 0.3) is 5.69 Å². The van der Waals surface area contributed by atoms with E-state index in [1.54, 1.807) is 41.2 Å². The lowest BCUT2D eigenvalue weighted by atomic mass is 10.1. The molecule has 3 rings (SSSR count). The highest BCUT2D eigenvalue weighted by atomic mass is 35.5. The molecule has 0 unspecified atom stereocenters. The number of anilines is 1. The molecule has 0 atom stereocenters. The predicted molar refractivity (Wildman–Crippen MR) is 123 cm³/mol. The first-order chi connectivity index (χ1) is 14.9. The maximum atomic E-state index is 13.1. The van der Waals surface area contributed by atoms with Crippen LogP contribution in [0.15, 0.2) is 48.7 Å². The van der Waals surface area contributed by atoms with Gasteiger partial charge < -0.3 is 16.4 Å². The maximum absolute atomic E-state index is 13.1. The van der Waals surface area contributed by atoms with Gasteiger partial charge in [0.1, 0.15) is 0 Å². The second kappa shape index (κ2) is 10.2. The van der Waals surface area contributed by atoms with Gasteiger partial charge in [-0.05, 0) is 55.3 Å². The summed E-state index contributed by atoms with van der Waals surface area (Å²) in [7, 11) is 0. The third-order valence-electron chi connectivity index (χ3n) is 4.85. The number of carbonyl (C=O) groups is 2. The molecule has 1 heterocycles. The van der Waals surface area contributed by atoms with E-state index in [9.17, 15) is 9.59 Å². The Morgan fingerprint density at radius 3 is 2.55 bits per heavy atom. The van der Waals surface area contributed by atoms with Crippen LogP contribution in [0.4, 0.5) is 5.69 Å². The minimum absolute atomic E-state index is 0.233. The van der Waals surface area contributed by atoms with Gasteiger partial charge >= 0.3 is 0 Å². The van der Waals surface area contributed by atoms with Gasteiger partial charge in [-0.3, -0.25) is 9.59 Å². The normalized spacial score (nSPS) is 10.7. The summed E-state index contributed by atoms with van der Waals surface area (Å²) in [6.45, 7) is 4.67. The lowest BCUT2D eigenvalue weighted by Gasteiger charge is -2.12. The van der Waals surface area contributed by atoms with Gasteiger partial charge in [0.15, 0.2) is 0 Å². The van der Waals surface area contributed by atoms with Crippen molar-refractivity contribution >= 4 is 29.1 Å². The quantitative estimate of drug-likeness (QED) is 0.497. The van der Waals surface area contributed by atoms with E-state index in [1.165, 1.54) is 0 Å². The number of halogens is 1. The molecule has 8 heteroatoms. The Balaban J connectivity index is 1.88. The molecule has 0 aliphatic carbocycles. The van der Waals surface area contributed by atoms with Gasteiger partial charge in [0.2, 0.25) is 0 Å². The molecule has 3 aromatic rings. The van der Waals surface area contributed by atoms with Gasteiger partial charge in [0.05, 0.1) is 23.1 Å². The highest BCUT2D eigenvalue weighted by Crippen LogP contribution is 2.22. The Morgan fingerprint density at radius 2 is 1.87 bits per heavy atom. The van der Waals surface area contributed by atoms with E-state index in [0.29, 0.717) is 41.3 Å². The monoisotopic (exact) mass is 439 g/mol. The largest absolute Gasteiger partial charge is 0.351 e. The lowest BCUT2D eigenvalue weighted by Crippen LogP contribution is -2.29. The Morgan fingerprint density at radius 1 is 1.13 bits per heavy atom. The first kappa shape index (κ1) is 22.5. The molecular weight excluding hydrogens is 414 g/mol. The molecule has 4 N–H and O–H groups in total. The molecule has 1 aromatic heterocycles. The summed E-state index contributed by atoms with van der Waals surface area (Å²) < 4.78 is 1.76. The number of hydrogen-bond acceptors (Lipinski definition) is 4. The number of amides is 2. The SMILES string of the molecule is CCCc1c(C(=O)Nc2cc(C(=O)NCCN)ccc2C)cnn1-c1ccc(Cl)cc1. The molecule has 2 amide bonds. The summed E-state index contributed by atoms with van der Waals surface area (Å²) in [5.41, 5.74) is 9.48. The van der Waals surface area contributed by atoms with Crippen LogP contribution in [0.5, 0.6) is 0 Å². The summed E-state index contributed by atoms with van der Waals surface area (Å²) in [4.78, 5) is 25.4. The second-order valence-corrected chi connectivity index (χ2v) is 7.61. The zero-order chi connectivity index (χ0) is 22.4. The van der Waals surface area contributed by atoms with Crippen molar-refractivity contribution in [3.8, 4) is 5.69 Å². The Labute approximate surface area is 186 Å². The van der Waals surface area contributed by atoms with Crippen molar-refractivity contribution in [1.82, 2.24) is 15.1 Å². The second-order valence-electron chi connectivity index (χ2n) is 7.17. The van der Waals surface area contributed by atoms with Gasteiger partial charge in [0, 0.05) is 29.4 Å². The van der Waals surface area contributed by atoms with Crippen molar-refractivity contribution in [3.05, 3.63) is 76.1 Å². The van der Waals surface area contributed by atoms with Crippen LogP contribution in [0, 0.1) is 6.92 Å². The van der Waals surface area contributed by atoms with Gasteiger partial charge in [0.25, 0.3) is 11.8 Å². The fourth-order valence-corrected chi connectivity index (χ4v) is 3.35. The van der Waals surface area contributed by atoms with E-state index in [1.807, 2.05) is 19.1 Å². The number of benzene rings is 2. The summed E-state index contributed by atoms with van der Waals surface area (Å²) in [6, 6.07) is 12.5. The number of nitrogens with two attached hydrogens (primary N) is 1. The molecular formula is C23H26ClN5O2. The zero-order valence-corrected chi connectivity index (χ0v) is 18.4. The molecule has 2 aromatic carbocycles. The van der Waals surface area contributed by atoms with E-state index in [2.05, 4.69) is 22.7 Å². The van der Waals surface area contributed by atoms with Gasteiger partial charge in [-0.1, -0.05) is 31.0 Å².